The van der Waals surface area contributed by atoms with Crippen LogP contribution in [0.4, 0.5) is 5.00 Å². The van der Waals surface area contributed by atoms with Crippen LogP contribution in [0.3, 0.4) is 0 Å². The highest BCUT2D eigenvalue weighted by molar-refractivity contribution is 7.10. The number of aromatic nitrogens is 4. The summed E-state index contributed by atoms with van der Waals surface area (Å²) in [5.41, 5.74) is 7.55. The highest BCUT2D eigenvalue weighted by Crippen LogP contribution is 2.30. The molecular weight excluding hydrogens is 210 g/mol. The van der Waals surface area contributed by atoms with E-state index in [0.29, 0.717) is 16.7 Å². The van der Waals surface area contributed by atoms with Crippen molar-refractivity contribution in [3.8, 4) is 11.4 Å². The van der Waals surface area contributed by atoms with E-state index in [0.717, 1.165) is 17.1 Å². The first-order valence-corrected chi connectivity index (χ1v) is 5.51. The van der Waals surface area contributed by atoms with Crippen LogP contribution in [0, 0.1) is 6.92 Å². The van der Waals surface area contributed by atoms with Crippen molar-refractivity contribution in [2.75, 3.05) is 5.73 Å². The van der Waals surface area contributed by atoms with E-state index < -0.39 is 0 Å². The third-order valence-corrected chi connectivity index (χ3v) is 2.93. The molecule has 0 aliphatic carbocycles. The fourth-order valence-electron chi connectivity index (χ4n) is 1.30. The lowest BCUT2D eigenvalue weighted by molar-refractivity contribution is 0.781. The molecule has 0 spiro atoms. The van der Waals surface area contributed by atoms with E-state index in [2.05, 4.69) is 33.4 Å². The standard InChI is InChI=1S/C9H13N5S/c1-4(2)8-11-9(13-12-8)6-5(3)14-15-7(6)10/h4H,10H2,1-3H3,(H,11,12,13). The lowest BCUT2D eigenvalue weighted by atomic mass is 10.2. The third kappa shape index (κ3) is 1.72. The van der Waals surface area contributed by atoms with Crippen molar-refractivity contribution < 1.29 is 0 Å². The van der Waals surface area contributed by atoms with Crippen LogP contribution in [0.2, 0.25) is 0 Å². The summed E-state index contributed by atoms with van der Waals surface area (Å²) < 4.78 is 4.17. The number of rotatable bonds is 2. The van der Waals surface area contributed by atoms with Gasteiger partial charge in [0.05, 0.1) is 11.3 Å². The van der Waals surface area contributed by atoms with Gasteiger partial charge >= 0.3 is 0 Å². The fraction of sp³-hybridized carbons (Fsp3) is 0.444. The van der Waals surface area contributed by atoms with Gasteiger partial charge in [0.1, 0.15) is 10.8 Å². The van der Waals surface area contributed by atoms with E-state index >= 15 is 0 Å². The summed E-state index contributed by atoms with van der Waals surface area (Å²) in [6, 6.07) is 0. The molecule has 3 N–H and O–H groups in total. The molecule has 2 aromatic rings. The molecule has 0 radical (unpaired) electrons. The van der Waals surface area contributed by atoms with Crippen molar-refractivity contribution in [3.63, 3.8) is 0 Å². The lowest BCUT2D eigenvalue weighted by Gasteiger charge is -1.95. The Labute approximate surface area is 91.9 Å². The molecule has 5 nitrogen and oxygen atoms in total. The molecule has 80 valence electrons. The largest absolute Gasteiger partial charge is 0.389 e. The highest BCUT2D eigenvalue weighted by Gasteiger charge is 2.15. The van der Waals surface area contributed by atoms with Crippen LogP contribution in [-0.4, -0.2) is 19.6 Å². The summed E-state index contributed by atoms with van der Waals surface area (Å²) >= 11 is 1.28. The first-order chi connectivity index (χ1) is 7.09. The van der Waals surface area contributed by atoms with Crippen LogP contribution >= 0.6 is 11.5 Å². The third-order valence-electron chi connectivity index (χ3n) is 2.16. The molecule has 0 unspecified atom stereocenters. The Bertz CT molecular complexity index is 451. The molecule has 0 aliphatic rings. The predicted molar refractivity (Wildman–Crippen MR) is 60.7 cm³/mol. The zero-order valence-corrected chi connectivity index (χ0v) is 9.72. The first-order valence-electron chi connectivity index (χ1n) is 4.74. The minimum Gasteiger partial charge on any atom is -0.389 e. The van der Waals surface area contributed by atoms with Crippen LogP contribution in [0.15, 0.2) is 0 Å². The molecule has 0 saturated carbocycles. The van der Waals surface area contributed by atoms with Gasteiger partial charge in [-0.05, 0) is 18.5 Å². The Morgan fingerprint density at radius 3 is 2.60 bits per heavy atom. The Balaban J connectivity index is 2.46. The Morgan fingerprint density at radius 2 is 2.13 bits per heavy atom. The van der Waals surface area contributed by atoms with Gasteiger partial charge in [-0.2, -0.15) is 9.47 Å². The van der Waals surface area contributed by atoms with Crippen LogP contribution in [0.5, 0.6) is 0 Å². The quantitative estimate of drug-likeness (QED) is 0.815. The van der Waals surface area contributed by atoms with Gasteiger partial charge in [0.15, 0.2) is 5.82 Å². The molecule has 2 heterocycles. The van der Waals surface area contributed by atoms with Gasteiger partial charge in [0, 0.05) is 5.92 Å². The molecule has 2 rings (SSSR count). The molecule has 0 aliphatic heterocycles. The minimum absolute atomic E-state index is 0.333. The van der Waals surface area contributed by atoms with Crippen molar-refractivity contribution in [1.82, 2.24) is 19.6 Å². The number of anilines is 1. The normalized spacial score (nSPS) is 11.2. The molecule has 0 fully saturated rings. The Morgan fingerprint density at radius 1 is 1.40 bits per heavy atom. The van der Waals surface area contributed by atoms with Crippen molar-refractivity contribution >= 4 is 16.5 Å². The number of nitrogens with zero attached hydrogens (tertiary/aromatic N) is 3. The number of hydrogen-bond donors (Lipinski definition) is 2. The van der Waals surface area contributed by atoms with E-state index in [4.69, 9.17) is 5.73 Å². The van der Waals surface area contributed by atoms with Gasteiger partial charge < -0.3 is 5.73 Å². The summed E-state index contributed by atoms with van der Waals surface area (Å²) in [4.78, 5) is 4.39. The Kier molecular flexibility index (Phi) is 2.44. The molecule has 0 aromatic carbocycles. The second-order valence-corrected chi connectivity index (χ2v) is 4.51. The second kappa shape index (κ2) is 3.62. The SMILES string of the molecule is Cc1nsc(N)c1-c1n[nH]c(C(C)C)n1. The minimum atomic E-state index is 0.333. The maximum Gasteiger partial charge on any atom is 0.186 e. The molecule has 0 amide bonds. The van der Waals surface area contributed by atoms with Gasteiger partial charge in [-0.3, -0.25) is 5.10 Å². The molecule has 0 bridgehead atoms. The number of hydrogen-bond acceptors (Lipinski definition) is 5. The summed E-state index contributed by atoms with van der Waals surface area (Å²) in [5.74, 6) is 1.84. The van der Waals surface area contributed by atoms with Crippen molar-refractivity contribution in [2.45, 2.75) is 26.7 Å². The first kappa shape index (κ1) is 10.1. The summed E-state index contributed by atoms with van der Waals surface area (Å²) in [6.07, 6.45) is 0. The molecular formula is C9H13N5S. The molecule has 0 atom stereocenters. The number of H-pyrrole nitrogens is 1. The van der Waals surface area contributed by atoms with Crippen molar-refractivity contribution in [2.24, 2.45) is 0 Å². The zero-order valence-electron chi connectivity index (χ0n) is 8.90. The van der Waals surface area contributed by atoms with Gasteiger partial charge in [-0.25, -0.2) is 4.98 Å². The van der Waals surface area contributed by atoms with Gasteiger partial charge in [-0.15, -0.1) is 0 Å². The summed E-state index contributed by atoms with van der Waals surface area (Å²) in [5, 5.41) is 7.73. The number of aromatic amines is 1. The average Bonchev–Trinajstić information content (AvgIpc) is 2.73. The van der Waals surface area contributed by atoms with Crippen molar-refractivity contribution in [1.29, 1.82) is 0 Å². The maximum absolute atomic E-state index is 5.82. The van der Waals surface area contributed by atoms with E-state index in [9.17, 15) is 0 Å². The summed E-state index contributed by atoms with van der Waals surface area (Å²) in [7, 11) is 0. The highest BCUT2D eigenvalue weighted by atomic mass is 32.1. The van der Waals surface area contributed by atoms with E-state index in [1.54, 1.807) is 0 Å². The van der Waals surface area contributed by atoms with Crippen LogP contribution in [0.1, 0.15) is 31.3 Å². The van der Waals surface area contributed by atoms with E-state index in [1.165, 1.54) is 11.5 Å². The maximum atomic E-state index is 5.82. The number of nitrogens with two attached hydrogens (primary N) is 1. The fourth-order valence-corrected chi connectivity index (χ4v) is 1.96. The van der Waals surface area contributed by atoms with Gasteiger partial charge in [-0.1, -0.05) is 13.8 Å². The zero-order chi connectivity index (χ0) is 11.0. The smallest absolute Gasteiger partial charge is 0.186 e. The van der Waals surface area contributed by atoms with Gasteiger partial charge in [0.25, 0.3) is 0 Å². The second-order valence-electron chi connectivity index (χ2n) is 3.71. The van der Waals surface area contributed by atoms with E-state index in [1.807, 2.05) is 6.92 Å². The monoisotopic (exact) mass is 223 g/mol. The van der Waals surface area contributed by atoms with Crippen molar-refractivity contribution in [3.05, 3.63) is 11.5 Å². The number of aryl methyl sites for hydroxylation is 1. The van der Waals surface area contributed by atoms with E-state index in [-0.39, 0.29) is 0 Å². The van der Waals surface area contributed by atoms with Crippen LogP contribution in [-0.2, 0) is 0 Å². The Hall–Kier alpha value is -1.43. The predicted octanol–water partition coefficient (Wildman–Crippen LogP) is 1.94. The molecule has 15 heavy (non-hydrogen) atoms. The van der Waals surface area contributed by atoms with Gasteiger partial charge in [0.2, 0.25) is 0 Å². The van der Waals surface area contributed by atoms with Crippen LogP contribution < -0.4 is 5.73 Å². The summed E-state index contributed by atoms with van der Waals surface area (Å²) in [6.45, 7) is 6.03. The lowest BCUT2D eigenvalue weighted by Crippen LogP contribution is -1.90. The number of nitrogens with one attached hydrogen (secondary N) is 1. The molecule has 2 aromatic heterocycles. The topological polar surface area (TPSA) is 80.5 Å². The van der Waals surface area contributed by atoms with Crippen LogP contribution in [0.25, 0.3) is 11.4 Å². The number of nitrogen functional groups attached to an aromatic ring is 1. The average molecular weight is 223 g/mol. The molecule has 0 saturated heterocycles. The molecule has 6 heteroatoms.